The summed E-state index contributed by atoms with van der Waals surface area (Å²) in [5, 5.41) is 2.75. The fourth-order valence-corrected chi connectivity index (χ4v) is 9.79. The molecule has 0 aliphatic heterocycles. The molecule has 0 saturated carbocycles. The number of aryl methyl sites for hydroxylation is 1. The molecule has 2 heterocycles. The third-order valence-electron chi connectivity index (χ3n) is 11.0. The van der Waals surface area contributed by atoms with E-state index in [1.165, 1.54) is 94.4 Å². The summed E-state index contributed by atoms with van der Waals surface area (Å²) >= 11 is 2.00. The Hall–Kier alpha value is -4.92. The van der Waals surface area contributed by atoms with E-state index in [1.54, 1.807) is 4.88 Å². The van der Waals surface area contributed by atoms with Crippen molar-refractivity contribution < 1.29 is 0 Å². The minimum absolute atomic E-state index is 0.0704. The molecule has 1 nitrogen and oxygen atoms in total. The van der Waals surface area contributed by atoms with Gasteiger partial charge in [-0.2, -0.15) is 0 Å². The number of thiophene rings is 1. The van der Waals surface area contributed by atoms with Gasteiger partial charge in [-0.25, -0.2) is 0 Å². The van der Waals surface area contributed by atoms with Crippen molar-refractivity contribution in [1.29, 1.82) is 0 Å². The average molecular weight is 622 g/mol. The summed E-state index contributed by atoms with van der Waals surface area (Å²) in [5.74, 6) is 0. The number of rotatable bonds is 3. The zero-order chi connectivity index (χ0) is 31.3. The largest absolute Gasteiger partial charge is 0.313 e. The topological polar surface area (TPSA) is 4.93 Å². The Balaban J connectivity index is 1.17. The van der Waals surface area contributed by atoms with Crippen molar-refractivity contribution in [3.8, 4) is 27.9 Å². The van der Waals surface area contributed by atoms with E-state index in [2.05, 4.69) is 146 Å². The van der Waals surface area contributed by atoms with E-state index in [-0.39, 0.29) is 5.41 Å². The van der Waals surface area contributed by atoms with Gasteiger partial charge in [-0.1, -0.05) is 98.8 Å². The van der Waals surface area contributed by atoms with E-state index in [0.29, 0.717) is 0 Å². The van der Waals surface area contributed by atoms with Crippen molar-refractivity contribution in [1.82, 2.24) is 4.57 Å². The van der Waals surface area contributed by atoms with Gasteiger partial charge in [-0.3, -0.25) is 0 Å². The van der Waals surface area contributed by atoms with Gasteiger partial charge in [-0.05, 0) is 118 Å². The maximum Gasteiger partial charge on any atom is 0.0538 e. The summed E-state index contributed by atoms with van der Waals surface area (Å²) < 4.78 is 4.00. The van der Waals surface area contributed by atoms with Crippen LogP contribution in [0.2, 0.25) is 0 Å². The van der Waals surface area contributed by atoms with Crippen LogP contribution >= 0.6 is 11.3 Å². The highest BCUT2D eigenvalue weighted by Crippen LogP contribution is 2.52. The molecule has 0 spiro atoms. The number of allylic oxidation sites excluding steroid dienone is 2. The highest BCUT2D eigenvalue weighted by Gasteiger charge is 2.37. The van der Waals surface area contributed by atoms with Gasteiger partial charge in [0, 0.05) is 42.7 Å². The van der Waals surface area contributed by atoms with E-state index in [1.807, 2.05) is 11.3 Å². The van der Waals surface area contributed by atoms with Gasteiger partial charge in [-0.15, -0.1) is 11.3 Å². The van der Waals surface area contributed by atoms with Crippen LogP contribution in [0.5, 0.6) is 0 Å². The van der Waals surface area contributed by atoms with Crippen molar-refractivity contribution in [2.45, 2.75) is 44.9 Å². The highest BCUT2D eigenvalue weighted by molar-refractivity contribution is 7.19. The quantitative estimate of drug-likeness (QED) is 0.185. The van der Waals surface area contributed by atoms with Crippen molar-refractivity contribution in [3.63, 3.8) is 0 Å². The first kappa shape index (κ1) is 27.2. The number of hydrogen-bond acceptors (Lipinski definition) is 1. The summed E-state index contributed by atoms with van der Waals surface area (Å²) in [4.78, 5) is 1.55. The van der Waals surface area contributed by atoms with Crippen LogP contribution in [-0.2, 0) is 18.3 Å². The zero-order valence-corrected chi connectivity index (χ0v) is 27.6. The van der Waals surface area contributed by atoms with E-state index in [0.717, 1.165) is 19.3 Å². The molecule has 2 heteroatoms. The average Bonchev–Trinajstić information content (AvgIpc) is 3.72. The van der Waals surface area contributed by atoms with Crippen LogP contribution < -0.4 is 0 Å². The van der Waals surface area contributed by atoms with Crippen LogP contribution in [0, 0.1) is 0 Å². The third kappa shape index (κ3) is 4.01. The van der Waals surface area contributed by atoms with Crippen LogP contribution in [0.15, 0.2) is 115 Å². The molecule has 0 N–H and O–H groups in total. The first-order valence-corrected chi connectivity index (χ1v) is 17.8. The lowest BCUT2D eigenvalue weighted by atomic mass is 9.82. The van der Waals surface area contributed by atoms with Gasteiger partial charge in [0.05, 0.1) is 5.52 Å². The van der Waals surface area contributed by atoms with Gasteiger partial charge >= 0.3 is 0 Å². The number of aromatic nitrogens is 1. The Labute approximate surface area is 280 Å². The molecule has 0 fully saturated rings. The highest BCUT2D eigenvalue weighted by atomic mass is 32.1. The molecule has 0 saturated heterocycles. The molecule has 3 aliphatic carbocycles. The number of benzene rings is 5. The number of nitrogens with zero attached hydrogens (tertiary/aromatic N) is 1. The Bertz CT molecular complexity index is 2470. The van der Waals surface area contributed by atoms with Gasteiger partial charge < -0.3 is 4.57 Å². The maximum atomic E-state index is 2.57. The summed E-state index contributed by atoms with van der Waals surface area (Å²) in [7, 11) is 0. The van der Waals surface area contributed by atoms with E-state index < -0.39 is 0 Å². The van der Waals surface area contributed by atoms with Crippen molar-refractivity contribution in [2.75, 3.05) is 0 Å². The van der Waals surface area contributed by atoms with Crippen molar-refractivity contribution in [3.05, 3.63) is 154 Å². The normalized spacial score (nSPS) is 15.7. The predicted octanol–water partition coefficient (Wildman–Crippen LogP) is 12.3. The zero-order valence-electron chi connectivity index (χ0n) is 26.8. The fraction of sp³-hybridized carbons (Fsp3) is 0.156. The summed E-state index contributed by atoms with van der Waals surface area (Å²) in [6.07, 6.45) is 11.5. The predicted molar refractivity (Wildman–Crippen MR) is 202 cm³/mol. The van der Waals surface area contributed by atoms with Gasteiger partial charge in [0.25, 0.3) is 0 Å². The molecule has 0 radical (unpaired) electrons. The molecule has 5 aromatic carbocycles. The lowest BCUT2D eigenvalue weighted by Crippen LogP contribution is -2.15. The van der Waals surface area contributed by atoms with Crippen molar-refractivity contribution in [2.24, 2.45) is 0 Å². The Kier molecular flexibility index (Phi) is 5.81. The second-order valence-electron chi connectivity index (χ2n) is 14.0. The molecule has 2 aromatic heterocycles. The van der Waals surface area contributed by atoms with Crippen LogP contribution in [0.3, 0.4) is 0 Å². The molecule has 0 amide bonds. The SMILES string of the molecule is CC1(C)c2cc(-n3c4c(c5cc(-c6ccccc6)ccc53)C=C(c3ccccc3)CC4)ccc2-c2cc3c4c(sc3cc21)CCC=C4. The van der Waals surface area contributed by atoms with Gasteiger partial charge in [0.1, 0.15) is 0 Å². The Morgan fingerprint density at radius 3 is 2.26 bits per heavy atom. The number of hydrogen-bond donors (Lipinski definition) is 0. The van der Waals surface area contributed by atoms with Crippen LogP contribution in [-0.4, -0.2) is 4.57 Å². The van der Waals surface area contributed by atoms with Crippen LogP contribution in [0.1, 0.15) is 65.1 Å². The third-order valence-corrected chi connectivity index (χ3v) is 12.2. The molecule has 0 atom stereocenters. The molecule has 47 heavy (non-hydrogen) atoms. The van der Waals surface area contributed by atoms with Gasteiger partial charge in [0.2, 0.25) is 0 Å². The lowest BCUT2D eigenvalue weighted by molar-refractivity contribution is 0.660. The fourth-order valence-electron chi connectivity index (χ4n) is 8.57. The van der Waals surface area contributed by atoms with E-state index in [4.69, 9.17) is 0 Å². The van der Waals surface area contributed by atoms with Crippen LogP contribution in [0.4, 0.5) is 0 Å². The van der Waals surface area contributed by atoms with Crippen LogP contribution in [0.25, 0.3) is 66.7 Å². The van der Waals surface area contributed by atoms with Crippen molar-refractivity contribution >= 4 is 50.1 Å². The lowest BCUT2D eigenvalue weighted by Gasteiger charge is -2.23. The molecule has 7 aromatic rings. The Morgan fingerprint density at radius 1 is 0.638 bits per heavy atom. The molecule has 0 bridgehead atoms. The molecule has 3 aliphatic rings. The van der Waals surface area contributed by atoms with E-state index in [9.17, 15) is 0 Å². The maximum absolute atomic E-state index is 2.57. The smallest absolute Gasteiger partial charge is 0.0538 e. The second kappa shape index (κ2) is 10.0. The minimum atomic E-state index is -0.0704. The first-order chi connectivity index (χ1) is 23.0. The molecule has 226 valence electrons. The summed E-state index contributed by atoms with van der Waals surface area (Å²) in [5.41, 5.74) is 17.7. The van der Waals surface area contributed by atoms with E-state index >= 15 is 0 Å². The molecule has 0 unspecified atom stereocenters. The molecular weight excluding hydrogens is 587 g/mol. The summed E-state index contributed by atoms with van der Waals surface area (Å²) in [6.45, 7) is 4.84. The Morgan fingerprint density at radius 2 is 1.43 bits per heavy atom. The second-order valence-corrected chi connectivity index (χ2v) is 15.1. The number of fused-ring (bicyclic) bond motifs is 9. The minimum Gasteiger partial charge on any atom is -0.313 e. The summed E-state index contributed by atoms with van der Waals surface area (Å²) in [6, 6.07) is 41.1. The molecular formula is C45H35NS. The standard InChI is InChI=1S/C45H35NS/c1-45(2)39-25-32(19-20-33(39)35-26-38-34-15-9-10-16-43(34)47-44(38)27-40(35)45)46-41-21-17-30(28-11-5-3-6-12-28)23-36(41)37-24-31(18-22-42(37)46)29-13-7-4-8-14-29/h3-9,11-15,17,19-21,23-27H,10,16,18,22H2,1-2H3. The van der Waals surface area contributed by atoms with Gasteiger partial charge in [0.15, 0.2) is 0 Å². The monoisotopic (exact) mass is 621 g/mol. The first-order valence-electron chi connectivity index (χ1n) is 16.9. The molecule has 10 rings (SSSR count).